The molecule has 0 radical (unpaired) electrons. The molecule has 2 unspecified atom stereocenters. The number of hydrogen-bond acceptors (Lipinski definition) is 4. The summed E-state index contributed by atoms with van der Waals surface area (Å²) in [5.41, 5.74) is 3.80. The number of rotatable bonds is 5. The van der Waals surface area contributed by atoms with E-state index >= 15 is 0 Å². The highest BCUT2D eigenvalue weighted by Crippen LogP contribution is 2.26. The molecule has 3 aromatic rings. The van der Waals surface area contributed by atoms with Crippen LogP contribution in [0.5, 0.6) is 0 Å². The molecule has 160 valence electrons. The van der Waals surface area contributed by atoms with E-state index in [4.69, 9.17) is 4.98 Å². The van der Waals surface area contributed by atoms with Crippen LogP contribution in [0.2, 0.25) is 0 Å². The predicted molar refractivity (Wildman–Crippen MR) is 124 cm³/mol. The third-order valence-corrected chi connectivity index (χ3v) is 6.73. The second kappa shape index (κ2) is 9.43. The first-order valence-electron chi connectivity index (χ1n) is 10.7. The standard InChI is InChI=1S/C25H27N3O2S/c1-17-10-12-20(13-11-17)25(30)28-14-6-9-21(15-28)23(29)26-18(2)24-27-22(16-31-24)19-7-4-3-5-8-19/h3-5,7-8,10-13,16,18,21H,6,9,14-15H2,1-2H3,(H,26,29). The molecule has 2 amide bonds. The third-order valence-electron chi connectivity index (χ3n) is 5.70. The molecule has 0 saturated carbocycles. The topological polar surface area (TPSA) is 62.3 Å². The average Bonchev–Trinajstić information content (AvgIpc) is 3.30. The molecule has 6 heteroatoms. The van der Waals surface area contributed by atoms with Crippen LogP contribution in [0.15, 0.2) is 60.0 Å². The molecular formula is C25H27N3O2S. The normalized spacial score (nSPS) is 17.2. The van der Waals surface area contributed by atoms with Crippen LogP contribution in [0, 0.1) is 12.8 Å². The van der Waals surface area contributed by atoms with Crippen molar-refractivity contribution >= 4 is 23.2 Å². The number of amides is 2. The number of benzene rings is 2. The van der Waals surface area contributed by atoms with E-state index in [0.717, 1.165) is 34.7 Å². The summed E-state index contributed by atoms with van der Waals surface area (Å²) in [6, 6.07) is 17.5. The van der Waals surface area contributed by atoms with Crippen LogP contribution in [0.3, 0.4) is 0 Å². The molecule has 1 aliphatic rings. The van der Waals surface area contributed by atoms with Crippen LogP contribution in [-0.2, 0) is 4.79 Å². The van der Waals surface area contributed by atoms with E-state index in [-0.39, 0.29) is 23.8 Å². The summed E-state index contributed by atoms with van der Waals surface area (Å²) in [6.45, 7) is 5.11. The van der Waals surface area contributed by atoms with Gasteiger partial charge in [-0.05, 0) is 38.8 Å². The maximum Gasteiger partial charge on any atom is 0.253 e. The van der Waals surface area contributed by atoms with Crippen molar-refractivity contribution in [2.75, 3.05) is 13.1 Å². The summed E-state index contributed by atoms with van der Waals surface area (Å²) in [5, 5.41) is 6.02. The molecular weight excluding hydrogens is 406 g/mol. The molecule has 5 nitrogen and oxygen atoms in total. The number of hydrogen-bond donors (Lipinski definition) is 1. The predicted octanol–water partition coefficient (Wildman–Crippen LogP) is 4.85. The minimum Gasteiger partial charge on any atom is -0.347 e. The van der Waals surface area contributed by atoms with Crippen LogP contribution in [0.1, 0.15) is 46.7 Å². The summed E-state index contributed by atoms with van der Waals surface area (Å²) in [4.78, 5) is 32.3. The molecule has 0 bridgehead atoms. The van der Waals surface area contributed by atoms with Crippen molar-refractivity contribution in [2.24, 2.45) is 5.92 Å². The summed E-state index contributed by atoms with van der Waals surface area (Å²) < 4.78 is 0. The zero-order valence-corrected chi connectivity index (χ0v) is 18.7. The van der Waals surface area contributed by atoms with Crippen molar-refractivity contribution in [3.63, 3.8) is 0 Å². The van der Waals surface area contributed by atoms with Crippen molar-refractivity contribution < 1.29 is 9.59 Å². The van der Waals surface area contributed by atoms with Gasteiger partial charge in [-0.1, -0.05) is 48.0 Å². The van der Waals surface area contributed by atoms with E-state index in [1.165, 1.54) is 0 Å². The minimum absolute atomic E-state index is 0.00188. The van der Waals surface area contributed by atoms with Gasteiger partial charge in [0.25, 0.3) is 5.91 Å². The number of likely N-dealkylation sites (tertiary alicyclic amines) is 1. The van der Waals surface area contributed by atoms with E-state index in [9.17, 15) is 9.59 Å². The Morgan fingerprint density at radius 2 is 1.87 bits per heavy atom. The zero-order chi connectivity index (χ0) is 21.8. The van der Waals surface area contributed by atoms with Crippen molar-refractivity contribution in [3.8, 4) is 11.3 Å². The minimum atomic E-state index is -0.195. The largest absolute Gasteiger partial charge is 0.347 e. The van der Waals surface area contributed by atoms with E-state index < -0.39 is 0 Å². The number of carbonyl (C=O) groups excluding carboxylic acids is 2. The van der Waals surface area contributed by atoms with Crippen LogP contribution in [0.25, 0.3) is 11.3 Å². The lowest BCUT2D eigenvalue weighted by Gasteiger charge is -2.32. The molecule has 0 aliphatic carbocycles. The van der Waals surface area contributed by atoms with Gasteiger partial charge < -0.3 is 10.2 Å². The van der Waals surface area contributed by atoms with E-state index in [0.29, 0.717) is 18.7 Å². The lowest BCUT2D eigenvalue weighted by molar-refractivity contribution is -0.127. The molecule has 1 N–H and O–H groups in total. The van der Waals surface area contributed by atoms with Gasteiger partial charge in [0.1, 0.15) is 5.01 Å². The van der Waals surface area contributed by atoms with Crippen LogP contribution >= 0.6 is 11.3 Å². The second-order valence-electron chi connectivity index (χ2n) is 8.12. The smallest absolute Gasteiger partial charge is 0.253 e. The molecule has 31 heavy (non-hydrogen) atoms. The Bertz CT molecular complexity index is 1050. The first kappa shape index (κ1) is 21.2. The van der Waals surface area contributed by atoms with Crippen molar-refractivity contribution in [3.05, 3.63) is 76.1 Å². The second-order valence-corrected chi connectivity index (χ2v) is 9.01. The van der Waals surface area contributed by atoms with Gasteiger partial charge in [0.2, 0.25) is 5.91 Å². The molecule has 2 aromatic carbocycles. The fourth-order valence-corrected chi connectivity index (χ4v) is 4.71. The Hall–Kier alpha value is -2.99. The number of carbonyl (C=O) groups is 2. The summed E-state index contributed by atoms with van der Waals surface area (Å²) in [6.07, 6.45) is 1.63. The maximum atomic E-state index is 12.9. The Morgan fingerprint density at radius 3 is 2.61 bits per heavy atom. The van der Waals surface area contributed by atoms with Crippen LogP contribution in [0.4, 0.5) is 0 Å². The number of thiazole rings is 1. The number of aromatic nitrogens is 1. The Labute approximate surface area is 187 Å². The monoisotopic (exact) mass is 433 g/mol. The van der Waals surface area contributed by atoms with Gasteiger partial charge in [0.05, 0.1) is 17.7 Å². The first-order valence-corrected chi connectivity index (χ1v) is 11.6. The lowest BCUT2D eigenvalue weighted by atomic mass is 9.96. The van der Waals surface area contributed by atoms with Crippen molar-refractivity contribution in [2.45, 2.75) is 32.7 Å². The van der Waals surface area contributed by atoms with Crippen molar-refractivity contribution in [1.29, 1.82) is 0 Å². The van der Waals surface area contributed by atoms with E-state index in [2.05, 4.69) is 5.32 Å². The molecule has 1 saturated heterocycles. The quantitative estimate of drug-likeness (QED) is 0.626. The van der Waals surface area contributed by atoms with Gasteiger partial charge in [-0.25, -0.2) is 4.98 Å². The summed E-state index contributed by atoms with van der Waals surface area (Å²) in [7, 11) is 0. The zero-order valence-electron chi connectivity index (χ0n) is 17.9. The summed E-state index contributed by atoms with van der Waals surface area (Å²) in [5.74, 6) is -0.206. The van der Waals surface area contributed by atoms with E-state index in [1.54, 1.807) is 16.2 Å². The Kier molecular flexibility index (Phi) is 6.47. The van der Waals surface area contributed by atoms with Gasteiger partial charge >= 0.3 is 0 Å². The van der Waals surface area contributed by atoms with Crippen LogP contribution in [-0.4, -0.2) is 34.8 Å². The number of nitrogens with one attached hydrogen (secondary N) is 1. The van der Waals surface area contributed by atoms with Crippen LogP contribution < -0.4 is 5.32 Å². The van der Waals surface area contributed by atoms with Gasteiger partial charge in [0, 0.05) is 29.6 Å². The van der Waals surface area contributed by atoms with Crippen molar-refractivity contribution in [1.82, 2.24) is 15.2 Å². The fraction of sp³-hybridized carbons (Fsp3) is 0.320. The first-order chi connectivity index (χ1) is 15.0. The highest BCUT2D eigenvalue weighted by atomic mass is 32.1. The fourth-order valence-electron chi connectivity index (χ4n) is 3.88. The summed E-state index contributed by atoms with van der Waals surface area (Å²) >= 11 is 1.55. The number of nitrogens with zero attached hydrogens (tertiary/aromatic N) is 2. The number of piperidine rings is 1. The number of aryl methyl sites for hydroxylation is 1. The Morgan fingerprint density at radius 1 is 1.13 bits per heavy atom. The van der Waals surface area contributed by atoms with Gasteiger partial charge in [-0.3, -0.25) is 9.59 Å². The molecule has 2 heterocycles. The Balaban J connectivity index is 1.37. The molecule has 4 rings (SSSR count). The SMILES string of the molecule is Cc1ccc(C(=O)N2CCCC(C(=O)NC(C)c3nc(-c4ccccc4)cs3)C2)cc1. The van der Waals surface area contributed by atoms with Gasteiger partial charge in [0.15, 0.2) is 0 Å². The molecule has 2 atom stereocenters. The highest BCUT2D eigenvalue weighted by Gasteiger charge is 2.30. The van der Waals surface area contributed by atoms with Gasteiger partial charge in [-0.15, -0.1) is 11.3 Å². The molecule has 1 aliphatic heterocycles. The third kappa shape index (κ3) is 5.02. The maximum absolute atomic E-state index is 12.9. The van der Waals surface area contributed by atoms with E-state index in [1.807, 2.05) is 73.8 Å². The van der Waals surface area contributed by atoms with Gasteiger partial charge in [-0.2, -0.15) is 0 Å². The molecule has 0 spiro atoms. The lowest BCUT2D eigenvalue weighted by Crippen LogP contribution is -2.45. The molecule has 1 aromatic heterocycles. The average molecular weight is 434 g/mol. The molecule has 1 fully saturated rings. The highest BCUT2D eigenvalue weighted by molar-refractivity contribution is 7.10.